The topological polar surface area (TPSA) is 68.0 Å². The number of nitrogens with one attached hydrogen (secondary N) is 1. The fourth-order valence-electron chi connectivity index (χ4n) is 1.19. The lowest BCUT2D eigenvalue weighted by atomic mass is 10.1. The van der Waals surface area contributed by atoms with Gasteiger partial charge in [0.2, 0.25) is 5.91 Å². The number of aryl methyl sites for hydroxylation is 2. The second-order valence-corrected chi connectivity index (χ2v) is 4.17. The summed E-state index contributed by atoms with van der Waals surface area (Å²) >= 11 is 4.77. The Labute approximate surface area is 100 Å². The Morgan fingerprint density at radius 3 is 2.62 bits per heavy atom. The minimum atomic E-state index is -0.476. The lowest BCUT2D eigenvalue weighted by Crippen LogP contribution is -2.31. The Balaban J connectivity index is 2.81. The van der Waals surface area contributed by atoms with Crippen molar-refractivity contribution in [2.45, 2.75) is 20.8 Å². The van der Waals surface area contributed by atoms with Crippen LogP contribution in [-0.2, 0) is 4.79 Å². The lowest BCUT2D eigenvalue weighted by molar-refractivity contribution is -0.117. The first kappa shape index (κ1) is 12.6. The zero-order valence-corrected chi connectivity index (χ0v) is 10.4. The maximum Gasteiger partial charge on any atom is 0.234 e. The number of rotatable bonds is 3. The van der Waals surface area contributed by atoms with Gasteiger partial charge in [0.1, 0.15) is 0 Å². The van der Waals surface area contributed by atoms with Crippen molar-refractivity contribution in [1.29, 1.82) is 0 Å². The molecule has 0 bridgehead atoms. The van der Waals surface area contributed by atoms with E-state index in [2.05, 4.69) is 10.3 Å². The number of nitrogens with two attached hydrogens (primary N) is 1. The second kappa shape index (κ2) is 5.03. The molecule has 0 fully saturated rings. The first-order valence-corrected chi connectivity index (χ1v) is 5.37. The molecule has 1 heterocycles. The third-order valence-corrected chi connectivity index (χ3v) is 2.66. The number of amides is 1. The first-order valence-electron chi connectivity index (χ1n) is 4.96. The van der Waals surface area contributed by atoms with E-state index < -0.39 is 5.92 Å². The molecule has 4 nitrogen and oxygen atoms in total. The summed E-state index contributed by atoms with van der Waals surface area (Å²) in [6.45, 7) is 5.42. The van der Waals surface area contributed by atoms with E-state index in [-0.39, 0.29) is 10.9 Å². The minimum absolute atomic E-state index is 0.190. The molecule has 1 aromatic heterocycles. The van der Waals surface area contributed by atoms with Crippen molar-refractivity contribution in [1.82, 2.24) is 4.98 Å². The summed E-state index contributed by atoms with van der Waals surface area (Å²) in [7, 11) is 0. The maximum absolute atomic E-state index is 11.7. The van der Waals surface area contributed by atoms with Gasteiger partial charge >= 0.3 is 0 Å². The van der Waals surface area contributed by atoms with Crippen LogP contribution in [0.3, 0.4) is 0 Å². The fourth-order valence-corrected chi connectivity index (χ4v) is 1.30. The van der Waals surface area contributed by atoms with Gasteiger partial charge in [-0.25, -0.2) is 0 Å². The van der Waals surface area contributed by atoms with E-state index in [9.17, 15) is 4.79 Å². The van der Waals surface area contributed by atoms with Gasteiger partial charge in [0, 0.05) is 5.69 Å². The van der Waals surface area contributed by atoms with E-state index in [0.29, 0.717) is 5.69 Å². The van der Waals surface area contributed by atoms with Crippen molar-refractivity contribution in [3.8, 4) is 0 Å². The summed E-state index contributed by atoms with van der Waals surface area (Å²) in [6, 6.07) is 3.66. The summed E-state index contributed by atoms with van der Waals surface area (Å²) in [5, 5.41) is 2.75. The van der Waals surface area contributed by atoms with Crippen LogP contribution in [0.4, 0.5) is 5.69 Å². The number of carbonyl (C=O) groups is 1. The number of anilines is 1. The van der Waals surface area contributed by atoms with Crippen molar-refractivity contribution in [2.24, 2.45) is 11.7 Å². The van der Waals surface area contributed by atoms with E-state index in [1.165, 1.54) is 0 Å². The largest absolute Gasteiger partial charge is 0.393 e. The predicted molar refractivity (Wildman–Crippen MR) is 68.3 cm³/mol. The van der Waals surface area contributed by atoms with Crippen molar-refractivity contribution < 1.29 is 4.79 Å². The zero-order valence-electron chi connectivity index (χ0n) is 9.57. The zero-order chi connectivity index (χ0) is 12.3. The fraction of sp³-hybridized carbons (Fsp3) is 0.364. The van der Waals surface area contributed by atoms with E-state index in [4.69, 9.17) is 18.0 Å². The molecule has 1 rings (SSSR count). The van der Waals surface area contributed by atoms with Crippen LogP contribution in [0, 0.1) is 19.8 Å². The predicted octanol–water partition coefficient (Wildman–Crippen LogP) is 1.56. The molecule has 3 N–H and O–H groups in total. The molecule has 0 radical (unpaired) electrons. The van der Waals surface area contributed by atoms with Crippen LogP contribution in [0.2, 0.25) is 0 Å². The number of hydrogen-bond acceptors (Lipinski definition) is 3. The van der Waals surface area contributed by atoms with Gasteiger partial charge in [-0.2, -0.15) is 0 Å². The molecule has 16 heavy (non-hydrogen) atoms. The number of aromatic nitrogens is 1. The van der Waals surface area contributed by atoms with Gasteiger partial charge in [-0.1, -0.05) is 12.2 Å². The molecule has 0 aliphatic rings. The van der Waals surface area contributed by atoms with Gasteiger partial charge in [-0.05, 0) is 32.9 Å². The molecule has 1 atom stereocenters. The van der Waals surface area contributed by atoms with Crippen LogP contribution in [0.1, 0.15) is 18.3 Å². The molecular formula is C11H15N3OS. The SMILES string of the molecule is Cc1ccc(NC(=O)C(C)C(N)=S)c(C)n1. The number of thiocarbonyl (C=S) groups is 1. The Kier molecular flexibility index (Phi) is 3.95. The summed E-state index contributed by atoms with van der Waals surface area (Å²) in [5.41, 5.74) is 7.80. The Morgan fingerprint density at radius 1 is 1.50 bits per heavy atom. The van der Waals surface area contributed by atoms with Crippen LogP contribution >= 0.6 is 12.2 Å². The molecule has 0 aromatic carbocycles. The quantitative estimate of drug-likeness (QED) is 0.783. The Morgan fingerprint density at radius 2 is 2.12 bits per heavy atom. The minimum Gasteiger partial charge on any atom is -0.393 e. The molecule has 0 saturated carbocycles. The molecule has 5 heteroatoms. The third kappa shape index (κ3) is 3.00. The average molecular weight is 237 g/mol. The highest BCUT2D eigenvalue weighted by Crippen LogP contribution is 2.13. The smallest absolute Gasteiger partial charge is 0.234 e. The molecule has 0 spiro atoms. The van der Waals surface area contributed by atoms with Gasteiger partial charge in [0.25, 0.3) is 0 Å². The first-order chi connectivity index (χ1) is 7.41. The van der Waals surface area contributed by atoms with Gasteiger partial charge in [0.05, 0.1) is 22.3 Å². The highest BCUT2D eigenvalue weighted by Gasteiger charge is 2.16. The van der Waals surface area contributed by atoms with Crippen molar-refractivity contribution >= 4 is 28.8 Å². The number of hydrogen-bond donors (Lipinski definition) is 2. The lowest BCUT2D eigenvalue weighted by Gasteiger charge is -2.12. The summed E-state index contributed by atoms with van der Waals surface area (Å²) < 4.78 is 0. The molecule has 0 aliphatic heterocycles. The highest BCUT2D eigenvalue weighted by atomic mass is 32.1. The van der Waals surface area contributed by atoms with Crippen LogP contribution in [0.15, 0.2) is 12.1 Å². The van der Waals surface area contributed by atoms with Crippen LogP contribution in [-0.4, -0.2) is 15.9 Å². The highest BCUT2D eigenvalue weighted by molar-refractivity contribution is 7.80. The molecule has 0 aliphatic carbocycles. The number of nitrogens with zero attached hydrogens (tertiary/aromatic N) is 1. The second-order valence-electron chi connectivity index (χ2n) is 3.70. The van der Waals surface area contributed by atoms with Crippen molar-refractivity contribution in [3.05, 3.63) is 23.5 Å². The molecule has 1 aromatic rings. The monoisotopic (exact) mass is 237 g/mol. The normalized spacial score (nSPS) is 11.9. The molecule has 0 saturated heterocycles. The summed E-state index contributed by atoms with van der Waals surface area (Å²) in [4.78, 5) is 16.1. The van der Waals surface area contributed by atoms with E-state index in [1.54, 1.807) is 6.92 Å². The summed E-state index contributed by atoms with van der Waals surface area (Å²) in [5.74, 6) is -0.683. The van der Waals surface area contributed by atoms with E-state index in [1.807, 2.05) is 26.0 Å². The number of carbonyl (C=O) groups excluding carboxylic acids is 1. The maximum atomic E-state index is 11.7. The number of pyridine rings is 1. The third-order valence-electron chi connectivity index (χ3n) is 2.30. The van der Waals surface area contributed by atoms with E-state index >= 15 is 0 Å². The molecule has 1 unspecified atom stereocenters. The average Bonchev–Trinajstić information content (AvgIpc) is 2.20. The van der Waals surface area contributed by atoms with Crippen LogP contribution in [0.5, 0.6) is 0 Å². The Bertz CT molecular complexity index is 431. The van der Waals surface area contributed by atoms with Crippen molar-refractivity contribution in [3.63, 3.8) is 0 Å². The van der Waals surface area contributed by atoms with Crippen molar-refractivity contribution in [2.75, 3.05) is 5.32 Å². The van der Waals surface area contributed by atoms with Gasteiger partial charge in [0.15, 0.2) is 0 Å². The molecule has 1 amide bonds. The van der Waals surface area contributed by atoms with Crippen LogP contribution in [0.25, 0.3) is 0 Å². The molecular weight excluding hydrogens is 222 g/mol. The summed E-state index contributed by atoms with van der Waals surface area (Å²) in [6.07, 6.45) is 0. The van der Waals surface area contributed by atoms with E-state index in [0.717, 1.165) is 11.4 Å². The van der Waals surface area contributed by atoms with Gasteiger partial charge < -0.3 is 11.1 Å². The van der Waals surface area contributed by atoms with Gasteiger partial charge in [-0.3, -0.25) is 9.78 Å². The molecule has 86 valence electrons. The van der Waals surface area contributed by atoms with Gasteiger partial charge in [-0.15, -0.1) is 0 Å². The standard InChI is InChI=1S/C11H15N3OS/c1-6-4-5-9(8(3)13-6)14-11(15)7(2)10(12)16/h4-5,7H,1-3H3,(H2,12,16)(H,14,15). The Hall–Kier alpha value is -1.49. The van der Waals surface area contributed by atoms with Crippen LogP contribution < -0.4 is 11.1 Å².